The first-order valence-electron chi connectivity index (χ1n) is 5.19. The van der Waals surface area contributed by atoms with E-state index < -0.39 is 11.0 Å². The molecule has 0 fully saturated rings. The molecule has 8 nitrogen and oxygen atoms in total. The molecule has 0 spiro atoms. The van der Waals surface area contributed by atoms with Crippen molar-refractivity contribution >= 4 is 27.5 Å². The Morgan fingerprint density at radius 3 is 2.95 bits per heavy atom. The predicted octanol–water partition coefficient (Wildman–Crippen LogP) is 1.77. The molecule has 0 radical (unpaired) electrons. The molecule has 2 heterocycles. The van der Waals surface area contributed by atoms with Gasteiger partial charge < -0.3 is 5.32 Å². The van der Waals surface area contributed by atoms with E-state index in [0.717, 1.165) is 23.1 Å². The Bertz CT molecular complexity index is 586. The molecule has 0 saturated carbocycles. The van der Waals surface area contributed by atoms with Crippen molar-refractivity contribution in [2.45, 2.75) is 6.54 Å². The van der Waals surface area contributed by atoms with E-state index in [9.17, 15) is 14.9 Å². The second-order valence-electron chi connectivity index (χ2n) is 3.43. The minimum absolute atomic E-state index is 0.123. The zero-order valence-corrected chi connectivity index (χ0v) is 10.4. The molecule has 19 heavy (non-hydrogen) atoms. The highest BCUT2D eigenvalue weighted by molar-refractivity contribution is 7.18. The summed E-state index contributed by atoms with van der Waals surface area (Å²) in [5.74, 6) is 0. The number of hydrogen-bond donors (Lipinski definition) is 2. The fourth-order valence-electron chi connectivity index (χ4n) is 1.23. The summed E-state index contributed by atoms with van der Waals surface area (Å²) in [7, 11) is 0. The van der Waals surface area contributed by atoms with Gasteiger partial charge in [-0.1, -0.05) is 6.07 Å². The molecule has 0 atom stereocenters. The number of anilines is 1. The molecule has 0 bridgehead atoms. The van der Waals surface area contributed by atoms with Crippen molar-refractivity contribution in [2.24, 2.45) is 0 Å². The van der Waals surface area contributed by atoms with Gasteiger partial charge in [-0.15, -0.1) is 0 Å². The maximum Gasteiger partial charge on any atom is 0.345 e. The SMILES string of the molecule is O=C(NCc1cccnc1)Nc1ncc([N+](=O)[O-])s1. The number of amides is 2. The van der Waals surface area contributed by atoms with E-state index in [1.165, 1.54) is 0 Å². The van der Waals surface area contributed by atoms with Crippen molar-refractivity contribution < 1.29 is 9.72 Å². The normalized spacial score (nSPS) is 9.89. The number of urea groups is 1. The predicted molar refractivity (Wildman–Crippen MR) is 68.9 cm³/mol. The Hall–Kier alpha value is -2.55. The van der Waals surface area contributed by atoms with Crippen LogP contribution in [0.5, 0.6) is 0 Å². The summed E-state index contributed by atoms with van der Waals surface area (Å²) in [6.07, 6.45) is 4.37. The highest BCUT2D eigenvalue weighted by Crippen LogP contribution is 2.24. The van der Waals surface area contributed by atoms with Crippen molar-refractivity contribution in [3.05, 3.63) is 46.4 Å². The lowest BCUT2D eigenvalue weighted by molar-refractivity contribution is -0.380. The van der Waals surface area contributed by atoms with E-state index in [2.05, 4.69) is 20.6 Å². The third kappa shape index (κ3) is 3.71. The molecule has 0 unspecified atom stereocenters. The molecule has 2 N–H and O–H groups in total. The van der Waals surface area contributed by atoms with E-state index in [0.29, 0.717) is 6.54 Å². The van der Waals surface area contributed by atoms with Gasteiger partial charge >= 0.3 is 11.0 Å². The Labute approximate surface area is 111 Å². The quantitative estimate of drug-likeness (QED) is 0.654. The third-order valence-electron chi connectivity index (χ3n) is 2.07. The molecule has 9 heteroatoms. The highest BCUT2D eigenvalue weighted by atomic mass is 32.1. The molecule has 2 rings (SSSR count). The maximum absolute atomic E-state index is 11.5. The largest absolute Gasteiger partial charge is 0.345 e. The Kier molecular flexibility index (Phi) is 3.98. The van der Waals surface area contributed by atoms with Gasteiger partial charge in [0, 0.05) is 18.9 Å². The van der Waals surface area contributed by atoms with Crippen LogP contribution in [-0.2, 0) is 6.54 Å². The van der Waals surface area contributed by atoms with Gasteiger partial charge in [-0.05, 0) is 23.0 Å². The molecule has 0 aliphatic heterocycles. The molecular formula is C10H9N5O3S. The van der Waals surface area contributed by atoms with E-state index in [-0.39, 0.29) is 10.1 Å². The molecule has 2 aromatic rings. The summed E-state index contributed by atoms with van der Waals surface area (Å²) in [5, 5.41) is 15.5. The van der Waals surface area contributed by atoms with Gasteiger partial charge in [0.05, 0.1) is 4.92 Å². The number of pyridine rings is 1. The number of rotatable bonds is 4. The molecule has 0 aliphatic carbocycles. The molecule has 2 aromatic heterocycles. The number of carbonyl (C=O) groups excluding carboxylic acids is 1. The monoisotopic (exact) mass is 279 g/mol. The lowest BCUT2D eigenvalue weighted by Crippen LogP contribution is -2.28. The summed E-state index contributed by atoms with van der Waals surface area (Å²) >= 11 is 0.797. The van der Waals surface area contributed by atoms with Crippen molar-refractivity contribution in [1.82, 2.24) is 15.3 Å². The number of thiazole rings is 1. The first-order valence-corrected chi connectivity index (χ1v) is 6.01. The smallest absolute Gasteiger partial charge is 0.334 e. The number of nitro groups is 1. The minimum atomic E-state index is -0.559. The summed E-state index contributed by atoms with van der Waals surface area (Å²) in [5.41, 5.74) is 0.850. The molecular weight excluding hydrogens is 270 g/mol. The number of nitrogens with zero attached hydrogens (tertiary/aromatic N) is 3. The van der Waals surface area contributed by atoms with Gasteiger partial charge in [-0.25, -0.2) is 9.78 Å². The molecule has 2 amide bonds. The highest BCUT2D eigenvalue weighted by Gasteiger charge is 2.13. The minimum Gasteiger partial charge on any atom is -0.334 e. The van der Waals surface area contributed by atoms with Crippen LogP contribution >= 0.6 is 11.3 Å². The Balaban J connectivity index is 1.85. The fraction of sp³-hybridized carbons (Fsp3) is 0.100. The van der Waals surface area contributed by atoms with Crippen molar-refractivity contribution in [1.29, 1.82) is 0 Å². The fourth-order valence-corrected chi connectivity index (χ4v) is 1.86. The Morgan fingerprint density at radius 2 is 2.32 bits per heavy atom. The second-order valence-corrected chi connectivity index (χ2v) is 4.44. The first-order chi connectivity index (χ1) is 9.15. The zero-order chi connectivity index (χ0) is 13.7. The molecule has 98 valence electrons. The van der Waals surface area contributed by atoms with Crippen LogP contribution in [0.25, 0.3) is 0 Å². The molecule has 0 aromatic carbocycles. The molecule has 0 aliphatic rings. The van der Waals surface area contributed by atoms with Crippen molar-refractivity contribution in [3.8, 4) is 0 Å². The average Bonchev–Trinajstić information content (AvgIpc) is 2.86. The van der Waals surface area contributed by atoms with Crippen LogP contribution in [0.3, 0.4) is 0 Å². The van der Waals surface area contributed by atoms with E-state index in [4.69, 9.17) is 0 Å². The topological polar surface area (TPSA) is 110 Å². The van der Waals surface area contributed by atoms with E-state index in [1.807, 2.05) is 6.07 Å². The van der Waals surface area contributed by atoms with Gasteiger partial charge in [-0.2, -0.15) is 0 Å². The lowest BCUT2D eigenvalue weighted by Gasteiger charge is -2.04. The van der Waals surface area contributed by atoms with Gasteiger partial charge in [0.15, 0.2) is 5.13 Å². The Morgan fingerprint density at radius 1 is 1.47 bits per heavy atom. The standard InChI is InChI=1S/C10H9N5O3S/c16-9(12-5-7-2-1-3-11-4-7)14-10-13-6-8(19-10)15(17)18/h1-4,6H,5H2,(H2,12,13,14,16). The van der Waals surface area contributed by atoms with Crippen LogP contribution in [0, 0.1) is 10.1 Å². The van der Waals surface area contributed by atoms with E-state index >= 15 is 0 Å². The second kappa shape index (κ2) is 5.87. The van der Waals surface area contributed by atoms with Crippen LogP contribution in [0.15, 0.2) is 30.7 Å². The number of aromatic nitrogens is 2. The average molecular weight is 279 g/mol. The van der Waals surface area contributed by atoms with Gasteiger partial charge in [-0.3, -0.25) is 20.4 Å². The number of hydrogen-bond acceptors (Lipinski definition) is 6. The van der Waals surface area contributed by atoms with Gasteiger partial charge in [0.25, 0.3) is 0 Å². The first kappa shape index (κ1) is 12.9. The lowest BCUT2D eigenvalue weighted by atomic mass is 10.3. The summed E-state index contributed by atoms with van der Waals surface area (Å²) < 4.78 is 0. The van der Waals surface area contributed by atoms with Crippen LogP contribution in [0.1, 0.15) is 5.56 Å². The number of nitrogens with one attached hydrogen (secondary N) is 2. The van der Waals surface area contributed by atoms with Crippen LogP contribution in [0.4, 0.5) is 14.9 Å². The van der Waals surface area contributed by atoms with Gasteiger partial charge in [0.2, 0.25) is 0 Å². The third-order valence-corrected chi connectivity index (χ3v) is 2.93. The van der Waals surface area contributed by atoms with Gasteiger partial charge in [0.1, 0.15) is 6.20 Å². The van der Waals surface area contributed by atoms with Crippen LogP contribution in [0.2, 0.25) is 0 Å². The van der Waals surface area contributed by atoms with Crippen LogP contribution < -0.4 is 10.6 Å². The summed E-state index contributed by atoms with van der Waals surface area (Å²) in [4.78, 5) is 29.0. The van der Waals surface area contributed by atoms with Crippen molar-refractivity contribution in [2.75, 3.05) is 5.32 Å². The summed E-state index contributed by atoms with van der Waals surface area (Å²) in [6, 6.07) is 3.11. The van der Waals surface area contributed by atoms with Crippen LogP contribution in [-0.4, -0.2) is 20.9 Å². The zero-order valence-electron chi connectivity index (χ0n) is 9.57. The van der Waals surface area contributed by atoms with Crippen molar-refractivity contribution in [3.63, 3.8) is 0 Å². The molecule has 0 saturated heterocycles. The summed E-state index contributed by atoms with van der Waals surface area (Å²) in [6.45, 7) is 0.313. The maximum atomic E-state index is 11.5. The number of carbonyl (C=O) groups is 1. The van der Waals surface area contributed by atoms with E-state index in [1.54, 1.807) is 18.5 Å².